The van der Waals surface area contributed by atoms with Crippen LogP contribution < -0.4 is 14.8 Å². The van der Waals surface area contributed by atoms with Crippen LogP contribution in [0.3, 0.4) is 0 Å². The summed E-state index contributed by atoms with van der Waals surface area (Å²) in [6, 6.07) is 14.9. The third-order valence-corrected chi connectivity index (χ3v) is 5.15. The van der Waals surface area contributed by atoms with Crippen LogP contribution >= 0.6 is 0 Å². The number of aryl methyl sites for hydroxylation is 1. The van der Waals surface area contributed by atoms with Crippen molar-refractivity contribution in [2.45, 2.75) is 65.6 Å². The van der Waals surface area contributed by atoms with Crippen molar-refractivity contribution in [1.82, 2.24) is 10.2 Å². The number of benzene rings is 2. The monoisotopic (exact) mass is 440 g/mol. The first-order valence-corrected chi connectivity index (χ1v) is 11.3. The maximum absolute atomic E-state index is 13.2. The minimum atomic E-state index is -0.506. The van der Waals surface area contributed by atoms with Gasteiger partial charge in [0.15, 0.2) is 0 Å². The molecule has 0 aliphatic carbocycles. The molecule has 0 saturated carbocycles. The van der Waals surface area contributed by atoms with Gasteiger partial charge in [-0.25, -0.2) is 0 Å². The fraction of sp³-hybridized carbons (Fsp3) is 0.462. The summed E-state index contributed by atoms with van der Waals surface area (Å²) in [6.07, 6.45) is 1.43. The highest BCUT2D eigenvalue weighted by Gasteiger charge is 2.28. The van der Waals surface area contributed by atoms with Gasteiger partial charge < -0.3 is 19.7 Å². The number of nitrogens with zero attached hydrogens (tertiary/aromatic N) is 1. The van der Waals surface area contributed by atoms with Crippen LogP contribution in [0.5, 0.6) is 11.5 Å². The molecule has 2 aromatic rings. The van der Waals surface area contributed by atoms with Crippen LogP contribution in [0.4, 0.5) is 0 Å². The Morgan fingerprint density at radius 1 is 1.00 bits per heavy atom. The fourth-order valence-corrected chi connectivity index (χ4v) is 3.42. The van der Waals surface area contributed by atoms with Gasteiger partial charge in [-0.3, -0.25) is 9.59 Å². The van der Waals surface area contributed by atoms with Crippen molar-refractivity contribution in [3.05, 3.63) is 59.7 Å². The van der Waals surface area contributed by atoms with E-state index in [1.54, 1.807) is 12.0 Å². The molecule has 0 aliphatic heterocycles. The first-order valence-electron chi connectivity index (χ1n) is 11.3. The Bertz CT molecular complexity index is 847. The van der Waals surface area contributed by atoms with Crippen LogP contribution in [0.25, 0.3) is 0 Å². The maximum Gasteiger partial charge on any atom is 0.243 e. The van der Waals surface area contributed by atoms with Gasteiger partial charge in [0, 0.05) is 19.0 Å². The number of ether oxygens (including phenoxy) is 2. The Morgan fingerprint density at radius 2 is 1.62 bits per heavy atom. The zero-order valence-electron chi connectivity index (χ0n) is 19.9. The maximum atomic E-state index is 13.2. The van der Waals surface area contributed by atoms with Crippen molar-refractivity contribution >= 4 is 11.8 Å². The van der Waals surface area contributed by atoms with Crippen molar-refractivity contribution < 1.29 is 19.1 Å². The zero-order valence-corrected chi connectivity index (χ0v) is 19.9. The largest absolute Gasteiger partial charge is 0.497 e. The number of hydrogen-bond acceptors (Lipinski definition) is 4. The molecule has 2 amide bonds. The number of hydrogen-bond donors (Lipinski definition) is 1. The molecule has 0 aliphatic rings. The number of carbonyl (C=O) groups excluding carboxylic acids is 2. The van der Waals surface area contributed by atoms with Gasteiger partial charge in [-0.05, 0) is 63.4 Å². The van der Waals surface area contributed by atoms with E-state index in [9.17, 15) is 9.59 Å². The van der Waals surface area contributed by atoms with Crippen LogP contribution in [-0.4, -0.2) is 42.5 Å². The van der Waals surface area contributed by atoms with Crippen LogP contribution in [-0.2, 0) is 16.1 Å². The third kappa shape index (κ3) is 7.91. The van der Waals surface area contributed by atoms with Crippen LogP contribution in [0.1, 0.15) is 51.2 Å². The molecule has 1 atom stereocenters. The molecule has 0 fully saturated rings. The Labute approximate surface area is 191 Å². The predicted octanol–water partition coefficient (Wildman–Crippen LogP) is 4.49. The van der Waals surface area contributed by atoms with E-state index in [2.05, 4.69) is 5.32 Å². The topological polar surface area (TPSA) is 67.9 Å². The molecule has 0 heterocycles. The third-order valence-electron chi connectivity index (χ3n) is 5.15. The SMILES string of the molecule is CCC(C(=O)NC(C)C)N(Cc1ccc(C)cc1)C(=O)CCCOc1ccc(OC)cc1. The number of nitrogens with one attached hydrogen (secondary N) is 1. The van der Waals surface area contributed by atoms with Crippen LogP contribution in [0.2, 0.25) is 0 Å². The second-order valence-electron chi connectivity index (χ2n) is 8.22. The molecule has 0 radical (unpaired) electrons. The van der Waals surface area contributed by atoms with E-state index < -0.39 is 6.04 Å². The predicted molar refractivity (Wildman–Crippen MR) is 127 cm³/mol. The van der Waals surface area contributed by atoms with Gasteiger partial charge >= 0.3 is 0 Å². The minimum Gasteiger partial charge on any atom is -0.497 e. The highest BCUT2D eigenvalue weighted by Crippen LogP contribution is 2.18. The number of rotatable bonds is 12. The molecule has 2 aromatic carbocycles. The Morgan fingerprint density at radius 3 is 2.19 bits per heavy atom. The molecule has 2 rings (SSSR count). The lowest BCUT2D eigenvalue weighted by atomic mass is 10.1. The molecule has 0 spiro atoms. The first-order chi connectivity index (χ1) is 15.3. The normalized spacial score (nSPS) is 11.7. The molecule has 0 bridgehead atoms. The van der Waals surface area contributed by atoms with Crippen molar-refractivity contribution in [3.8, 4) is 11.5 Å². The van der Waals surface area contributed by atoms with Crippen molar-refractivity contribution in [2.75, 3.05) is 13.7 Å². The summed E-state index contributed by atoms with van der Waals surface area (Å²) in [4.78, 5) is 27.7. The van der Waals surface area contributed by atoms with Crippen LogP contribution in [0, 0.1) is 6.92 Å². The Hall–Kier alpha value is -3.02. The van der Waals surface area contributed by atoms with E-state index in [1.165, 1.54) is 0 Å². The molecule has 0 aromatic heterocycles. The van der Waals surface area contributed by atoms with Crippen molar-refractivity contribution in [3.63, 3.8) is 0 Å². The molecule has 6 heteroatoms. The Kier molecular flexibility index (Phi) is 10.1. The van der Waals surface area contributed by atoms with Crippen molar-refractivity contribution in [2.24, 2.45) is 0 Å². The van der Waals surface area contributed by atoms with Gasteiger partial charge in [-0.1, -0.05) is 36.8 Å². The lowest BCUT2D eigenvalue weighted by molar-refractivity contribution is -0.141. The minimum absolute atomic E-state index is 0.0192. The van der Waals surface area contributed by atoms with Gasteiger partial charge in [0.2, 0.25) is 11.8 Å². The van der Waals surface area contributed by atoms with Crippen LogP contribution in [0.15, 0.2) is 48.5 Å². The average Bonchev–Trinajstić information content (AvgIpc) is 2.77. The molecule has 6 nitrogen and oxygen atoms in total. The molecule has 174 valence electrons. The number of carbonyl (C=O) groups is 2. The molecular formula is C26H36N2O4. The Balaban J connectivity index is 2.02. The summed E-state index contributed by atoms with van der Waals surface area (Å²) in [5, 5.41) is 2.95. The quantitative estimate of drug-likeness (QED) is 0.494. The fourth-order valence-electron chi connectivity index (χ4n) is 3.42. The van der Waals surface area contributed by atoms with E-state index in [-0.39, 0.29) is 17.9 Å². The summed E-state index contributed by atoms with van der Waals surface area (Å²) in [6.45, 7) is 8.64. The molecule has 1 unspecified atom stereocenters. The second kappa shape index (κ2) is 12.7. The smallest absolute Gasteiger partial charge is 0.243 e. The second-order valence-corrected chi connectivity index (χ2v) is 8.22. The molecular weight excluding hydrogens is 404 g/mol. The highest BCUT2D eigenvalue weighted by molar-refractivity contribution is 5.87. The van der Waals surface area contributed by atoms with E-state index >= 15 is 0 Å². The standard InChI is InChI=1S/C26H36N2O4/c1-6-24(26(30)27-19(2)3)28(18-21-11-9-20(4)10-12-21)25(29)8-7-17-32-23-15-13-22(31-5)14-16-23/h9-16,19,24H,6-8,17-18H2,1-5H3,(H,27,30). The number of methoxy groups -OCH3 is 1. The van der Waals surface area contributed by atoms with E-state index in [0.29, 0.717) is 32.4 Å². The molecule has 1 N–H and O–H groups in total. The van der Waals surface area contributed by atoms with Gasteiger partial charge in [-0.2, -0.15) is 0 Å². The number of amides is 2. The lowest BCUT2D eigenvalue weighted by Gasteiger charge is -2.31. The summed E-state index contributed by atoms with van der Waals surface area (Å²) >= 11 is 0. The van der Waals surface area contributed by atoms with E-state index in [0.717, 1.165) is 22.6 Å². The zero-order chi connectivity index (χ0) is 23.5. The van der Waals surface area contributed by atoms with Gasteiger partial charge in [-0.15, -0.1) is 0 Å². The summed E-state index contributed by atoms with van der Waals surface area (Å²) in [5.41, 5.74) is 2.17. The summed E-state index contributed by atoms with van der Waals surface area (Å²) in [5.74, 6) is 1.34. The van der Waals surface area contributed by atoms with Gasteiger partial charge in [0.1, 0.15) is 17.5 Å². The molecule has 32 heavy (non-hydrogen) atoms. The van der Waals surface area contributed by atoms with Crippen molar-refractivity contribution in [1.29, 1.82) is 0 Å². The highest BCUT2D eigenvalue weighted by atomic mass is 16.5. The van der Waals surface area contributed by atoms with Gasteiger partial charge in [0.25, 0.3) is 0 Å². The first kappa shape index (κ1) is 25.2. The van der Waals surface area contributed by atoms with E-state index in [4.69, 9.17) is 9.47 Å². The average molecular weight is 441 g/mol. The van der Waals surface area contributed by atoms with Gasteiger partial charge in [0.05, 0.1) is 13.7 Å². The summed E-state index contributed by atoms with van der Waals surface area (Å²) < 4.78 is 10.9. The lowest BCUT2D eigenvalue weighted by Crippen LogP contribution is -2.50. The summed E-state index contributed by atoms with van der Waals surface area (Å²) in [7, 11) is 1.62. The van der Waals surface area contributed by atoms with E-state index in [1.807, 2.05) is 76.2 Å². The molecule has 0 saturated heterocycles.